The van der Waals surface area contributed by atoms with Crippen molar-refractivity contribution < 1.29 is 4.79 Å². The minimum atomic E-state index is 0.108. The van der Waals surface area contributed by atoms with Gasteiger partial charge in [0.25, 0.3) is 0 Å². The van der Waals surface area contributed by atoms with Crippen molar-refractivity contribution in [3.05, 3.63) is 71.4 Å². The number of hydrogen-bond acceptors (Lipinski definition) is 1. The van der Waals surface area contributed by atoms with Gasteiger partial charge in [-0.25, -0.2) is 0 Å². The van der Waals surface area contributed by atoms with Gasteiger partial charge in [0.15, 0.2) is 5.78 Å². The topological polar surface area (TPSA) is 22.0 Å². The molecular weight excluding hydrogens is 270 g/mol. The van der Waals surface area contributed by atoms with Crippen LogP contribution >= 0.6 is 0 Å². The second-order valence-electron chi connectivity index (χ2n) is 6.25. The molecule has 0 N–H and O–H groups in total. The molecule has 0 aliphatic carbocycles. The van der Waals surface area contributed by atoms with Gasteiger partial charge in [-0.1, -0.05) is 56.3 Å². The number of benzene rings is 2. The van der Waals surface area contributed by atoms with Crippen molar-refractivity contribution in [1.29, 1.82) is 0 Å². The number of aryl methyl sites for hydroxylation is 1. The van der Waals surface area contributed by atoms with Gasteiger partial charge in [0, 0.05) is 34.8 Å². The molecule has 3 rings (SSSR count). The molecule has 0 aliphatic heterocycles. The first-order valence-electron chi connectivity index (χ1n) is 7.76. The highest BCUT2D eigenvalue weighted by atomic mass is 16.1. The van der Waals surface area contributed by atoms with Crippen LogP contribution in [0.1, 0.15) is 35.3 Å². The van der Waals surface area contributed by atoms with E-state index in [0.717, 1.165) is 34.1 Å². The lowest BCUT2D eigenvalue weighted by Crippen LogP contribution is -2.04. The maximum absolute atomic E-state index is 13.0. The lowest BCUT2D eigenvalue weighted by molar-refractivity contribution is 0.103. The van der Waals surface area contributed by atoms with Crippen LogP contribution in [0.5, 0.6) is 0 Å². The van der Waals surface area contributed by atoms with Crippen molar-refractivity contribution in [2.45, 2.75) is 27.3 Å². The van der Waals surface area contributed by atoms with Gasteiger partial charge in [-0.2, -0.15) is 0 Å². The van der Waals surface area contributed by atoms with Gasteiger partial charge in [0.2, 0.25) is 0 Å². The average molecular weight is 291 g/mol. The third-order valence-corrected chi connectivity index (χ3v) is 3.98. The first-order chi connectivity index (χ1) is 10.6. The van der Waals surface area contributed by atoms with E-state index >= 15 is 0 Å². The normalized spacial score (nSPS) is 11.3. The standard InChI is InChI=1S/C20H21NO/c1-14(2)12-21-13-18(17-10-6-7-11-19(17)21)20(22)16-9-5-4-8-15(16)3/h4-11,13-14H,12H2,1-3H3. The van der Waals surface area contributed by atoms with Gasteiger partial charge in [-0.15, -0.1) is 0 Å². The van der Waals surface area contributed by atoms with Crippen LogP contribution in [0.25, 0.3) is 10.9 Å². The molecule has 0 bridgehead atoms. The van der Waals surface area contributed by atoms with Gasteiger partial charge in [-0.05, 0) is 24.5 Å². The summed E-state index contributed by atoms with van der Waals surface area (Å²) in [6.45, 7) is 7.29. The fourth-order valence-electron chi connectivity index (χ4n) is 2.94. The Kier molecular flexibility index (Phi) is 3.84. The van der Waals surface area contributed by atoms with Gasteiger partial charge in [0.05, 0.1) is 0 Å². The number of carbonyl (C=O) groups is 1. The number of ketones is 1. The minimum Gasteiger partial charge on any atom is -0.346 e. The van der Waals surface area contributed by atoms with Crippen molar-refractivity contribution >= 4 is 16.7 Å². The maximum atomic E-state index is 13.0. The number of rotatable bonds is 4. The fourth-order valence-corrected chi connectivity index (χ4v) is 2.94. The Labute approximate surface area is 131 Å². The SMILES string of the molecule is Cc1ccccc1C(=O)c1cn(CC(C)C)c2ccccc12. The summed E-state index contributed by atoms with van der Waals surface area (Å²) >= 11 is 0. The molecule has 0 aliphatic rings. The molecular formula is C20H21NO. The molecule has 2 heteroatoms. The second kappa shape index (κ2) is 5.80. The number of nitrogens with zero attached hydrogens (tertiary/aromatic N) is 1. The maximum Gasteiger partial charge on any atom is 0.195 e. The molecule has 0 amide bonds. The van der Waals surface area contributed by atoms with Crippen LogP contribution in [0.4, 0.5) is 0 Å². The lowest BCUT2D eigenvalue weighted by atomic mass is 9.99. The van der Waals surface area contributed by atoms with Crippen molar-refractivity contribution in [1.82, 2.24) is 4.57 Å². The zero-order valence-corrected chi connectivity index (χ0v) is 13.3. The van der Waals surface area contributed by atoms with E-state index in [2.05, 4.69) is 24.5 Å². The Balaban J connectivity index is 2.15. The van der Waals surface area contributed by atoms with Gasteiger partial charge >= 0.3 is 0 Å². The smallest absolute Gasteiger partial charge is 0.195 e. The molecule has 0 fully saturated rings. The first kappa shape index (κ1) is 14.6. The van der Waals surface area contributed by atoms with Gasteiger partial charge in [0.1, 0.15) is 0 Å². The summed E-state index contributed by atoms with van der Waals surface area (Å²) in [7, 11) is 0. The fraction of sp³-hybridized carbons (Fsp3) is 0.250. The quantitative estimate of drug-likeness (QED) is 0.631. The summed E-state index contributed by atoms with van der Waals surface area (Å²) in [5, 5.41) is 1.04. The van der Waals surface area contributed by atoms with Crippen LogP contribution in [-0.4, -0.2) is 10.4 Å². The monoisotopic (exact) mass is 291 g/mol. The van der Waals surface area contributed by atoms with Crippen LogP contribution in [0.15, 0.2) is 54.7 Å². The van der Waals surface area contributed by atoms with Crippen molar-refractivity contribution in [2.75, 3.05) is 0 Å². The van der Waals surface area contributed by atoms with E-state index in [0.29, 0.717) is 5.92 Å². The van der Waals surface area contributed by atoms with Gasteiger partial charge in [-0.3, -0.25) is 4.79 Å². The van der Waals surface area contributed by atoms with Crippen molar-refractivity contribution in [2.24, 2.45) is 5.92 Å². The molecule has 0 atom stereocenters. The van der Waals surface area contributed by atoms with Crippen LogP contribution in [0.2, 0.25) is 0 Å². The van der Waals surface area contributed by atoms with Crippen molar-refractivity contribution in [3.63, 3.8) is 0 Å². The zero-order valence-electron chi connectivity index (χ0n) is 13.3. The number of carbonyl (C=O) groups excluding carboxylic acids is 1. The lowest BCUT2D eigenvalue weighted by Gasteiger charge is -2.07. The van der Waals surface area contributed by atoms with E-state index in [1.807, 2.05) is 55.6 Å². The molecule has 22 heavy (non-hydrogen) atoms. The summed E-state index contributed by atoms with van der Waals surface area (Å²) in [5.74, 6) is 0.647. The highest BCUT2D eigenvalue weighted by molar-refractivity contribution is 6.17. The predicted molar refractivity (Wildman–Crippen MR) is 91.4 cm³/mol. The highest BCUT2D eigenvalue weighted by Crippen LogP contribution is 2.25. The zero-order chi connectivity index (χ0) is 15.7. The van der Waals surface area contributed by atoms with Crippen LogP contribution in [-0.2, 0) is 6.54 Å². The van der Waals surface area contributed by atoms with E-state index in [-0.39, 0.29) is 5.78 Å². The van der Waals surface area contributed by atoms with Crippen LogP contribution in [0.3, 0.4) is 0 Å². The summed E-state index contributed by atoms with van der Waals surface area (Å²) < 4.78 is 2.20. The number of para-hydroxylation sites is 1. The molecule has 112 valence electrons. The number of fused-ring (bicyclic) bond motifs is 1. The van der Waals surface area contributed by atoms with E-state index in [4.69, 9.17) is 0 Å². The summed E-state index contributed by atoms with van der Waals surface area (Å²) in [5.41, 5.74) is 3.74. The largest absolute Gasteiger partial charge is 0.346 e. The Hall–Kier alpha value is -2.35. The Morgan fingerprint density at radius 1 is 1.00 bits per heavy atom. The van der Waals surface area contributed by atoms with E-state index in [9.17, 15) is 4.79 Å². The first-order valence-corrected chi connectivity index (χ1v) is 7.76. The second-order valence-corrected chi connectivity index (χ2v) is 6.25. The third-order valence-electron chi connectivity index (χ3n) is 3.98. The van der Waals surface area contributed by atoms with E-state index in [1.165, 1.54) is 0 Å². The molecule has 0 saturated heterocycles. The molecule has 1 aromatic heterocycles. The molecule has 2 aromatic carbocycles. The average Bonchev–Trinajstić information content (AvgIpc) is 2.85. The Morgan fingerprint density at radius 3 is 2.41 bits per heavy atom. The molecule has 0 radical (unpaired) electrons. The third kappa shape index (κ3) is 2.57. The molecule has 3 aromatic rings. The molecule has 0 spiro atoms. The summed E-state index contributed by atoms with van der Waals surface area (Å²) in [6, 6.07) is 15.9. The molecule has 1 heterocycles. The number of hydrogen-bond donors (Lipinski definition) is 0. The summed E-state index contributed by atoms with van der Waals surface area (Å²) in [4.78, 5) is 13.0. The molecule has 2 nitrogen and oxygen atoms in total. The van der Waals surface area contributed by atoms with Crippen molar-refractivity contribution in [3.8, 4) is 0 Å². The molecule has 0 saturated carbocycles. The van der Waals surface area contributed by atoms with E-state index < -0.39 is 0 Å². The van der Waals surface area contributed by atoms with Gasteiger partial charge < -0.3 is 4.57 Å². The molecule has 0 unspecified atom stereocenters. The Morgan fingerprint density at radius 2 is 1.68 bits per heavy atom. The predicted octanol–water partition coefficient (Wildman–Crippen LogP) is 4.84. The number of aromatic nitrogens is 1. The summed E-state index contributed by atoms with van der Waals surface area (Å²) in [6.07, 6.45) is 2.01. The van der Waals surface area contributed by atoms with Crippen LogP contribution < -0.4 is 0 Å². The highest BCUT2D eigenvalue weighted by Gasteiger charge is 2.18. The van der Waals surface area contributed by atoms with E-state index in [1.54, 1.807) is 0 Å². The minimum absolute atomic E-state index is 0.108. The van der Waals surface area contributed by atoms with Crippen LogP contribution in [0, 0.1) is 12.8 Å². The Bertz CT molecular complexity index is 827.